The Labute approximate surface area is 369 Å². The molecule has 5 heterocycles. The third kappa shape index (κ3) is 9.70. The van der Waals surface area contributed by atoms with E-state index < -0.39 is 24.4 Å². The van der Waals surface area contributed by atoms with Gasteiger partial charge in [-0.1, -0.05) is 36.4 Å². The molecule has 0 aliphatic carbocycles. The standard InChI is InChI=1S/C47H49N5O12/c1-28-12-33-21-48-37-19-41(39(58-3)17-35(37)46(56)50(33)23-28)62-25-31-14-30(6-5-9-60-10-11-61-27-45(55)64-52-43(53)7-8-44(52)54)15-32(16-31)26-63-42-20-38-36(18-40(42)59-4)47(57)51-24-29(2)13-34(51)22-49-38/h14-22,33-34H,1-2,5-13,23-27H2,3-4H3/t33-,34-/m0/s1. The maximum absolute atomic E-state index is 13.5. The Kier molecular flexibility index (Phi) is 13.2. The fourth-order valence-electron chi connectivity index (χ4n) is 8.22. The van der Waals surface area contributed by atoms with Gasteiger partial charge in [-0.15, -0.1) is 5.06 Å². The zero-order valence-electron chi connectivity index (χ0n) is 35.8. The van der Waals surface area contributed by atoms with E-state index in [0.717, 1.165) is 27.8 Å². The molecule has 4 amide bonds. The molecule has 0 radical (unpaired) electrons. The van der Waals surface area contributed by atoms with Crippen LogP contribution in [0.25, 0.3) is 0 Å². The second kappa shape index (κ2) is 19.3. The molecular formula is C47H49N5O12. The topological polar surface area (TPSA) is 184 Å². The summed E-state index contributed by atoms with van der Waals surface area (Å²) in [6.45, 7) is 9.66. The van der Waals surface area contributed by atoms with Crippen molar-refractivity contribution in [1.82, 2.24) is 14.9 Å². The number of rotatable bonds is 18. The molecule has 0 bridgehead atoms. The van der Waals surface area contributed by atoms with Crippen molar-refractivity contribution < 1.29 is 57.2 Å². The molecule has 0 unspecified atom stereocenters. The molecule has 0 aromatic heterocycles. The van der Waals surface area contributed by atoms with Crippen molar-refractivity contribution >= 4 is 53.4 Å². The van der Waals surface area contributed by atoms with Crippen molar-refractivity contribution in [1.29, 1.82) is 0 Å². The van der Waals surface area contributed by atoms with Gasteiger partial charge >= 0.3 is 5.97 Å². The number of hydrogen-bond donors (Lipinski definition) is 0. The van der Waals surface area contributed by atoms with E-state index in [9.17, 15) is 24.0 Å². The van der Waals surface area contributed by atoms with E-state index in [-0.39, 0.29) is 63.2 Å². The first-order chi connectivity index (χ1) is 31.0. The first kappa shape index (κ1) is 43.8. The Bertz CT molecular complexity index is 2320. The van der Waals surface area contributed by atoms with Crippen molar-refractivity contribution in [3.8, 4) is 23.0 Å². The zero-order valence-corrected chi connectivity index (χ0v) is 35.8. The lowest BCUT2D eigenvalue weighted by molar-refractivity contribution is -0.200. The first-order valence-corrected chi connectivity index (χ1v) is 21.0. The smallest absolute Gasteiger partial charge is 0.358 e. The molecule has 0 spiro atoms. The summed E-state index contributed by atoms with van der Waals surface area (Å²) in [7, 11) is 3.05. The predicted octanol–water partition coefficient (Wildman–Crippen LogP) is 5.41. The van der Waals surface area contributed by atoms with Gasteiger partial charge in [0.15, 0.2) is 23.0 Å². The molecule has 0 N–H and O–H groups in total. The molecule has 2 atom stereocenters. The average Bonchev–Trinajstić information content (AvgIpc) is 3.92. The van der Waals surface area contributed by atoms with Crippen molar-refractivity contribution in [3.63, 3.8) is 0 Å². The van der Waals surface area contributed by atoms with Crippen LogP contribution in [0, 0.1) is 0 Å². The largest absolute Gasteiger partial charge is 0.493 e. The summed E-state index contributed by atoms with van der Waals surface area (Å²) in [4.78, 5) is 80.1. The number of carbonyl (C=O) groups excluding carboxylic acids is 5. The van der Waals surface area contributed by atoms with Crippen molar-refractivity contribution in [2.75, 3.05) is 53.7 Å². The summed E-state index contributed by atoms with van der Waals surface area (Å²) < 4.78 is 35.2. The third-order valence-electron chi connectivity index (χ3n) is 11.3. The maximum atomic E-state index is 13.5. The van der Waals surface area contributed by atoms with Crippen LogP contribution in [0.4, 0.5) is 11.4 Å². The zero-order chi connectivity index (χ0) is 44.9. The number of aryl methyl sites for hydroxylation is 1. The number of nitrogens with zero attached hydrogens (tertiary/aromatic N) is 5. The quantitative estimate of drug-likeness (QED) is 0.0902. The lowest BCUT2D eigenvalue weighted by Crippen LogP contribution is -2.35. The molecule has 5 aliphatic heterocycles. The lowest BCUT2D eigenvalue weighted by atomic mass is 10.0. The summed E-state index contributed by atoms with van der Waals surface area (Å²) >= 11 is 0. The molecule has 17 nitrogen and oxygen atoms in total. The van der Waals surface area contributed by atoms with Gasteiger partial charge in [-0.2, -0.15) is 0 Å². The van der Waals surface area contributed by atoms with Crippen LogP contribution in [0.5, 0.6) is 23.0 Å². The van der Waals surface area contributed by atoms with Crippen LogP contribution < -0.4 is 18.9 Å². The predicted molar refractivity (Wildman–Crippen MR) is 232 cm³/mol. The summed E-state index contributed by atoms with van der Waals surface area (Å²) in [5.41, 5.74) is 6.49. The minimum atomic E-state index is -0.847. The highest BCUT2D eigenvalue weighted by Crippen LogP contribution is 2.40. The minimum absolute atomic E-state index is 0.0108. The number of methoxy groups -OCH3 is 2. The van der Waals surface area contributed by atoms with E-state index >= 15 is 0 Å². The molecule has 64 heavy (non-hydrogen) atoms. The van der Waals surface area contributed by atoms with E-state index in [1.54, 1.807) is 46.5 Å². The fourth-order valence-corrected chi connectivity index (χ4v) is 8.22. The molecule has 3 aromatic carbocycles. The van der Waals surface area contributed by atoms with Crippen LogP contribution in [-0.4, -0.2) is 123 Å². The van der Waals surface area contributed by atoms with Crippen LogP contribution in [-0.2, 0) is 48.3 Å². The number of aliphatic imine (C=N–C) groups is 2. The van der Waals surface area contributed by atoms with E-state index in [2.05, 4.69) is 23.1 Å². The first-order valence-electron chi connectivity index (χ1n) is 21.0. The number of carbonyl (C=O) groups is 5. The number of hydrogen-bond acceptors (Lipinski definition) is 14. The molecule has 8 rings (SSSR count). The van der Waals surface area contributed by atoms with Gasteiger partial charge in [0.25, 0.3) is 23.6 Å². The monoisotopic (exact) mass is 875 g/mol. The SMILES string of the molecule is C=C1C[C@H]2C=Nc3cc(OCc4cc(CCCOCCOCC(=O)ON5C(=O)CCC5=O)cc(COc5cc6c(cc5OC)C(=O)N5CC(=C)C[C@H]5C=N6)c4)c(OC)cc3C(=O)N2C1. The fraction of sp³-hybridized carbons (Fsp3) is 0.383. The Morgan fingerprint density at radius 1 is 0.656 bits per heavy atom. The van der Waals surface area contributed by atoms with E-state index in [4.69, 9.17) is 33.3 Å². The molecule has 5 aliphatic rings. The normalized spacial score (nSPS) is 18.8. The Hall–Kier alpha value is -6.85. The Morgan fingerprint density at radius 2 is 1.16 bits per heavy atom. The van der Waals surface area contributed by atoms with Gasteiger partial charge in [0.1, 0.15) is 19.8 Å². The molecule has 3 aromatic rings. The number of amides is 4. The second-order valence-electron chi connectivity index (χ2n) is 16.1. The van der Waals surface area contributed by atoms with Gasteiger partial charge in [0, 0.05) is 57.1 Å². The van der Waals surface area contributed by atoms with E-state index in [0.29, 0.717) is 95.9 Å². The molecular weight excluding hydrogens is 827 g/mol. The molecule has 334 valence electrons. The number of ether oxygens (including phenoxy) is 6. The number of benzene rings is 3. The van der Waals surface area contributed by atoms with Crippen LogP contribution >= 0.6 is 0 Å². The number of hydroxylamine groups is 2. The molecule has 3 fully saturated rings. The summed E-state index contributed by atoms with van der Waals surface area (Å²) in [5, 5.41) is 0.482. The molecule has 3 saturated heterocycles. The number of fused-ring (bicyclic) bond motifs is 4. The van der Waals surface area contributed by atoms with Gasteiger partial charge in [-0.05, 0) is 60.6 Å². The Morgan fingerprint density at radius 3 is 1.67 bits per heavy atom. The van der Waals surface area contributed by atoms with Gasteiger partial charge in [0.2, 0.25) is 0 Å². The average molecular weight is 876 g/mol. The Balaban J connectivity index is 0.939. The van der Waals surface area contributed by atoms with Crippen LogP contribution in [0.3, 0.4) is 0 Å². The third-order valence-corrected chi connectivity index (χ3v) is 11.3. The van der Waals surface area contributed by atoms with Crippen LogP contribution in [0.1, 0.15) is 69.5 Å². The molecule has 0 saturated carbocycles. The summed E-state index contributed by atoms with van der Waals surface area (Å²) in [5.74, 6) is -0.585. The van der Waals surface area contributed by atoms with Crippen molar-refractivity contribution in [3.05, 3.63) is 94.6 Å². The number of imide groups is 1. The highest BCUT2D eigenvalue weighted by atomic mass is 16.7. The van der Waals surface area contributed by atoms with Crippen molar-refractivity contribution in [2.24, 2.45) is 9.98 Å². The minimum Gasteiger partial charge on any atom is -0.493 e. The molecule has 17 heteroatoms. The van der Waals surface area contributed by atoms with Gasteiger partial charge in [-0.25, -0.2) is 4.79 Å². The summed E-state index contributed by atoms with van der Waals surface area (Å²) in [6, 6.07) is 12.6. The van der Waals surface area contributed by atoms with E-state index in [1.807, 2.05) is 18.2 Å². The van der Waals surface area contributed by atoms with Crippen molar-refractivity contribution in [2.45, 2.75) is 63.8 Å². The maximum Gasteiger partial charge on any atom is 0.358 e. The highest BCUT2D eigenvalue weighted by molar-refractivity contribution is 6.05. The van der Waals surface area contributed by atoms with E-state index in [1.165, 1.54) is 14.2 Å². The van der Waals surface area contributed by atoms with Crippen LogP contribution in [0.2, 0.25) is 0 Å². The lowest BCUT2D eigenvalue weighted by Gasteiger charge is -2.20. The highest BCUT2D eigenvalue weighted by Gasteiger charge is 2.36. The van der Waals surface area contributed by atoms with Gasteiger partial charge in [0.05, 0.1) is 62.0 Å². The summed E-state index contributed by atoms with van der Waals surface area (Å²) in [6.07, 6.45) is 6.22. The van der Waals surface area contributed by atoms with Crippen LogP contribution in [0.15, 0.2) is 76.8 Å². The second-order valence-corrected chi connectivity index (χ2v) is 16.1. The van der Waals surface area contributed by atoms with Gasteiger partial charge in [-0.3, -0.25) is 29.2 Å². The van der Waals surface area contributed by atoms with Gasteiger partial charge < -0.3 is 43.1 Å².